The van der Waals surface area contributed by atoms with Crippen LogP contribution in [-0.4, -0.2) is 16.4 Å². The first-order valence-corrected chi connectivity index (χ1v) is 5.50. The van der Waals surface area contributed by atoms with E-state index in [2.05, 4.69) is 11.9 Å². The van der Waals surface area contributed by atoms with Crippen molar-refractivity contribution < 1.29 is 9.59 Å². The number of aromatic nitrogens is 1. The van der Waals surface area contributed by atoms with E-state index in [4.69, 9.17) is 0 Å². The average molecular weight is 238 g/mol. The van der Waals surface area contributed by atoms with Crippen LogP contribution in [0.4, 0.5) is 0 Å². The van der Waals surface area contributed by atoms with Crippen molar-refractivity contribution in [1.82, 2.24) is 9.88 Å². The Morgan fingerprint density at radius 2 is 2.00 bits per heavy atom. The summed E-state index contributed by atoms with van der Waals surface area (Å²) >= 11 is 0. The van der Waals surface area contributed by atoms with Gasteiger partial charge in [-0.2, -0.15) is 0 Å². The lowest BCUT2D eigenvalue weighted by atomic mass is 10.1. The van der Waals surface area contributed by atoms with Gasteiger partial charge < -0.3 is 4.57 Å². The van der Waals surface area contributed by atoms with Crippen molar-refractivity contribution in [3.05, 3.63) is 48.7 Å². The molecule has 2 amide bonds. The topological polar surface area (TPSA) is 51.1 Å². The highest BCUT2D eigenvalue weighted by Gasteiger charge is 2.24. The monoisotopic (exact) mass is 238 g/mol. The number of nitrogens with zero attached hydrogens (tertiary/aromatic N) is 1. The number of amides is 2. The summed E-state index contributed by atoms with van der Waals surface area (Å²) in [6.07, 6.45) is 4.81. The van der Waals surface area contributed by atoms with Crippen LogP contribution in [0.2, 0.25) is 0 Å². The Morgan fingerprint density at radius 3 is 2.67 bits per heavy atom. The molecule has 0 fully saturated rings. The molecule has 4 nitrogen and oxygen atoms in total. The number of carbonyl (C=O) groups excluding carboxylic acids is 2. The first-order valence-electron chi connectivity index (χ1n) is 5.50. The van der Waals surface area contributed by atoms with Crippen molar-refractivity contribution in [1.29, 1.82) is 0 Å². The predicted molar refractivity (Wildman–Crippen MR) is 69.5 cm³/mol. The van der Waals surface area contributed by atoms with E-state index in [9.17, 15) is 9.59 Å². The van der Waals surface area contributed by atoms with Gasteiger partial charge in [-0.3, -0.25) is 14.9 Å². The number of carbonyl (C=O) groups is 2. The fourth-order valence-corrected chi connectivity index (χ4v) is 2.18. The first-order chi connectivity index (χ1) is 8.70. The van der Waals surface area contributed by atoms with Gasteiger partial charge in [-0.25, -0.2) is 0 Å². The summed E-state index contributed by atoms with van der Waals surface area (Å²) in [5.41, 5.74) is 2.10. The van der Waals surface area contributed by atoms with E-state index in [-0.39, 0.29) is 11.8 Å². The van der Waals surface area contributed by atoms with Crippen molar-refractivity contribution in [3.8, 4) is 0 Å². The molecule has 0 bridgehead atoms. The van der Waals surface area contributed by atoms with Gasteiger partial charge in [0.05, 0.1) is 11.1 Å². The number of imide groups is 1. The maximum Gasteiger partial charge on any atom is 0.258 e. The van der Waals surface area contributed by atoms with Crippen molar-refractivity contribution in [2.45, 2.75) is 0 Å². The van der Waals surface area contributed by atoms with E-state index in [0.29, 0.717) is 5.57 Å². The number of nitrogens with one attached hydrogen (secondary N) is 1. The Balaban J connectivity index is 2.30. The third-order valence-corrected chi connectivity index (χ3v) is 2.98. The normalized spacial score (nSPS) is 14.8. The van der Waals surface area contributed by atoms with Crippen molar-refractivity contribution >= 4 is 34.5 Å². The molecule has 0 unspecified atom stereocenters. The van der Waals surface area contributed by atoms with Gasteiger partial charge in [0.2, 0.25) is 0 Å². The van der Waals surface area contributed by atoms with Crippen LogP contribution in [0, 0.1) is 0 Å². The van der Waals surface area contributed by atoms with Gasteiger partial charge in [0.15, 0.2) is 0 Å². The summed E-state index contributed by atoms with van der Waals surface area (Å²) in [5.74, 6) is -0.725. The smallest absolute Gasteiger partial charge is 0.258 e. The van der Waals surface area contributed by atoms with E-state index >= 15 is 0 Å². The molecule has 88 valence electrons. The lowest BCUT2D eigenvalue weighted by Crippen LogP contribution is -2.21. The lowest BCUT2D eigenvalue weighted by molar-refractivity contribution is -0.123. The highest BCUT2D eigenvalue weighted by atomic mass is 16.2. The van der Waals surface area contributed by atoms with Gasteiger partial charge in [-0.1, -0.05) is 24.8 Å². The zero-order chi connectivity index (χ0) is 12.7. The number of hydrogen-bond acceptors (Lipinski definition) is 2. The van der Waals surface area contributed by atoms with Crippen molar-refractivity contribution in [2.24, 2.45) is 0 Å². The number of rotatable bonds is 2. The fourth-order valence-electron chi connectivity index (χ4n) is 2.18. The van der Waals surface area contributed by atoms with Crippen LogP contribution in [0.15, 0.2) is 43.1 Å². The summed E-state index contributed by atoms with van der Waals surface area (Å²) in [6, 6.07) is 7.67. The largest absolute Gasteiger partial charge is 0.323 e. The van der Waals surface area contributed by atoms with Crippen LogP contribution < -0.4 is 5.32 Å². The number of benzene rings is 1. The zero-order valence-corrected chi connectivity index (χ0v) is 9.51. The van der Waals surface area contributed by atoms with Gasteiger partial charge in [-0.15, -0.1) is 0 Å². The molecule has 1 N–H and O–H groups in total. The van der Waals surface area contributed by atoms with Gasteiger partial charge in [0, 0.05) is 29.4 Å². The van der Waals surface area contributed by atoms with E-state index in [0.717, 1.165) is 16.5 Å². The SMILES string of the molecule is C=Cn1cc(C2=CC(=O)NC2=O)c2ccccc21. The van der Waals surface area contributed by atoms with E-state index in [1.54, 1.807) is 6.20 Å². The lowest BCUT2D eigenvalue weighted by Gasteiger charge is -1.97. The third-order valence-electron chi connectivity index (χ3n) is 2.98. The first kappa shape index (κ1) is 10.5. The molecule has 0 saturated carbocycles. The average Bonchev–Trinajstić information content (AvgIpc) is 2.89. The molecular formula is C14H10N2O2. The Labute approximate surface area is 103 Å². The fraction of sp³-hybridized carbons (Fsp3) is 0. The molecule has 0 spiro atoms. The predicted octanol–water partition coefficient (Wildman–Crippen LogP) is 1.78. The van der Waals surface area contributed by atoms with Crippen LogP contribution in [0.1, 0.15) is 5.56 Å². The minimum Gasteiger partial charge on any atom is -0.323 e. The molecule has 0 aliphatic carbocycles. The molecule has 1 aromatic heterocycles. The summed E-state index contributed by atoms with van der Waals surface area (Å²) in [6.45, 7) is 3.73. The zero-order valence-electron chi connectivity index (χ0n) is 9.51. The van der Waals surface area contributed by atoms with Crippen LogP contribution >= 0.6 is 0 Å². The van der Waals surface area contributed by atoms with Crippen LogP contribution in [0.25, 0.3) is 22.7 Å². The molecule has 0 saturated heterocycles. The highest BCUT2D eigenvalue weighted by molar-refractivity contribution is 6.35. The number of para-hydroxylation sites is 1. The molecule has 0 atom stereocenters. The third kappa shape index (κ3) is 1.39. The molecular weight excluding hydrogens is 228 g/mol. The Kier molecular flexibility index (Phi) is 2.16. The van der Waals surface area contributed by atoms with Gasteiger partial charge in [0.1, 0.15) is 0 Å². The van der Waals surface area contributed by atoms with E-state index in [1.165, 1.54) is 6.08 Å². The number of fused-ring (bicyclic) bond motifs is 1. The van der Waals surface area contributed by atoms with E-state index in [1.807, 2.05) is 35.0 Å². The van der Waals surface area contributed by atoms with Crippen LogP contribution in [0.3, 0.4) is 0 Å². The van der Waals surface area contributed by atoms with E-state index < -0.39 is 0 Å². The Hall–Kier alpha value is -2.62. The second-order valence-electron chi connectivity index (χ2n) is 4.03. The minimum absolute atomic E-state index is 0.355. The maximum absolute atomic E-state index is 11.7. The molecule has 2 aromatic rings. The summed E-state index contributed by atoms with van der Waals surface area (Å²) in [5, 5.41) is 3.18. The minimum atomic E-state index is -0.370. The molecule has 0 radical (unpaired) electrons. The molecule has 4 heteroatoms. The van der Waals surface area contributed by atoms with Crippen LogP contribution in [0.5, 0.6) is 0 Å². The number of hydrogen-bond donors (Lipinski definition) is 1. The van der Waals surface area contributed by atoms with Gasteiger partial charge >= 0.3 is 0 Å². The summed E-state index contributed by atoms with van der Waals surface area (Å²) < 4.78 is 1.83. The molecule has 1 aliphatic rings. The maximum atomic E-state index is 11.7. The van der Waals surface area contributed by atoms with Crippen molar-refractivity contribution in [3.63, 3.8) is 0 Å². The van der Waals surface area contributed by atoms with Crippen molar-refractivity contribution in [2.75, 3.05) is 0 Å². The standard InChI is InChI=1S/C14H10N2O2/c1-2-16-8-11(9-5-3-4-6-12(9)16)10-7-13(17)15-14(10)18/h2-8H,1H2,(H,15,17,18). The molecule has 3 rings (SSSR count). The Morgan fingerprint density at radius 1 is 1.22 bits per heavy atom. The molecule has 1 aromatic carbocycles. The highest BCUT2D eigenvalue weighted by Crippen LogP contribution is 2.29. The summed E-state index contributed by atoms with van der Waals surface area (Å²) in [7, 11) is 0. The van der Waals surface area contributed by atoms with Gasteiger partial charge in [-0.05, 0) is 6.07 Å². The van der Waals surface area contributed by atoms with Crippen LogP contribution in [-0.2, 0) is 9.59 Å². The second-order valence-corrected chi connectivity index (χ2v) is 4.03. The molecule has 1 aliphatic heterocycles. The molecule has 2 heterocycles. The second kappa shape index (κ2) is 3.70. The summed E-state index contributed by atoms with van der Waals surface area (Å²) in [4.78, 5) is 22.9. The molecule has 18 heavy (non-hydrogen) atoms. The van der Waals surface area contributed by atoms with Gasteiger partial charge in [0.25, 0.3) is 11.8 Å². The quantitative estimate of drug-likeness (QED) is 0.811. The Bertz CT molecular complexity index is 722.